The molecule has 0 saturated heterocycles. The summed E-state index contributed by atoms with van der Waals surface area (Å²) in [5.41, 5.74) is 2.48. The fraction of sp³-hybridized carbons (Fsp3) is 0.435. The van der Waals surface area contributed by atoms with Gasteiger partial charge in [-0.2, -0.15) is 0 Å². The number of aliphatic imine (C=N–C) groups is 1. The van der Waals surface area contributed by atoms with E-state index in [4.69, 9.17) is 4.74 Å². The maximum Gasteiger partial charge on any atom is 0.191 e. The molecule has 2 rings (SSSR count). The van der Waals surface area contributed by atoms with Crippen LogP contribution >= 0.6 is 24.0 Å². The Hall–Kier alpha value is -1.80. The van der Waals surface area contributed by atoms with Crippen molar-refractivity contribution < 1.29 is 4.74 Å². The van der Waals surface area contributed by atoms with Gasteiger partial charge in [0.05, 0.1) is 0 Å². The van der Waals surface area contributed by atoms with Crippen molar-refractivity contribution in [1.29, 1.82) is 0 Å². The topological polar surface area (TPSA) is 48.9 Å². The molecule has 0 heterocycles. The first-order valence-electron chi connectivity index (χ1n) is 9.77. The zero-order chi connectivity index (χ0) is 20.4. The van der Waals surface area contributed by atoms with Gasteiger partial charge in [-0.25, -0.2) is 0 Å². The zero-order valence-corrected chi connectivity index (χ0v) is 20.6. The third-order valence-electron chi connectivity index (χ3n) is 4.64. The summed E-state index contributed by atoms with van der Waals surface area (Å²) >= 11 is 0. The molecule has 160 valence electrons. The highest BCUT2D eigenvalue weighted by atomic mass is 127. The summed E-state index contributed by atoms with van der Waals surface area (Å²) in [4.78, 5) is 6.46. The van der Waals surface area contributed by atoms with E-state index in [0.717, 1.165) is 30.4 Å². The maximum atomic E-state index is 5.82. The summed E-state index contributed by atoms with van der Waals surface area (Å²) in [7, 11) is 5.88. The predicted octanol–water partition coefficient (Wildman–Crippen LogP) is 3.89. The molecule has 2 aromatic rings. The lowest BCUT2D eigenvalue weighted by atomic mass is 9.85. The van der Waals surface area contributed by atoms with Crippen LogP contribution in [-0.2, 0) is 12.0 Å². The molecule has 0 aromatic heterocycles. The minimum absolute atomic E-state index is 0. The van der Waals surface area contributed by atoms with Gasteiger partial charge in [-0.05, 0) is 37.4 Å². The normalized spacial score (nSPS) is 11.7. The number of nitrogens with zero attached hydrogens (tertiary/aromatic N) is 2. The van der Waals surface area contributed by atoms with E-state index in [1.54, 1.807) is 7.05 Å². The number of rotatable bonds is 9. The standard InChI is InChI=1S/C23H34N4O.HI/c1-23(2,20-11-7-6-8-12-20)18-26-22(24-3)25-17-19-10-9-13-21(16-19)28-15-14-27(4)5;/h6-13,16H,14-15,17-18H2,1-5H3,(H2,24,25,26);1H. The van der Waals surface area contributed by atoms with Crippen molar-refractivity contribution in [1.82, 2.24) is 15.5 Å². The van der Waals surface area contributed by atoms with Crippen LogP contribution < -0.4 is 15.4 Å². The smallest absolute Gasteiger partial charge is 0.191 e. The Labute approximate surface area is 193 Å². The van der Waals surface area contributed by atoms with Gasteiger partial charge in [-0.1, -0.05) is 56.3 Å². The SMILES string of the molecule is CN=C(NCc1cccc(OCCN(C)C)c1)NCC(C)(C)c1ccccc1.I. The highest BCUT2D eigenvalue weighted by Gasteiger charge is 2.20. The Morgan fingerprint density at radius 3 is 2.41 bits per heavy atom. The largest absolute Gasteiger partial charge is 0.492 e. The van der Waals surface area contributed by atoms with E-state index in [0.29, 0.717) is 13.2 Å². The van der Waals surface area contributed by atoms with Gasteiger partial charge in [0.2, 0.25) is 0 Å². The molecule has 29 heavy (non-hydrogen) atoms. The molecular formula is C23H35IN4O. The molecule has 0 saturated carbocycles. The van der Waals surface area contributed by atoms with Crippen LogP contribution in [0.5, 0.6) is 5.75 Å². The number of nitrogens with one attached hydrogen (secondary N) is 2. The molecule has 0 aliphatic carbocycles. The number of likely N-dealkylation sites (N-methyl/N-ethyl adjacent to an activating group) is 1. The lowest BCUT2D eigenvalue weighted by molar-refractivity contribution is 0.261. The number of halogens is 1. The maximum absolute atomic E-state index is 5.82. The van der Waals surface area contributed by atoms with Gasteiger partial charge in [-0.3, -0.25) is 4.99 Å². The van der Waals surface area contributed by atoms with E-state index in [1.165, 1.54) is 5.56 Å². The quantitative estimate of drug-likeness (QED) is 0.306. The molecule has 0 amide bonds. The van der Waals surface area contributed by atoms with Crippen molar-refractivity contribution in [2.75, 3.05) is 40.8 Å². The average molecular weight is 510 g/mol. The molecule has 0 unspecified atom stereocenters. The first-order valence-corrected chi connectivity index (χ1v) is 9.77. The van der Waals surface area contributed by atoms with Gasteiger partial charge in [0.25, 0.3) is 0 Å². The van der Waals surface area contributed by atoms with Crippen molar-refractivity contribution in [3.63, 3.8) is 0 Å². The zero-order valence-electron chi connectivity index (χ0n) is 18.2. The van der Waals surface area contributed by atoms with Gasteiger partial charge < -0.3 is 20.3 Å². The van der Waals surface area contributed by atoms with Gasteiger partial charge in [0.1, 0.15) is 12.4 Å². The number of hydrogen-bond donors (Lipinski definition) is 2. The third-order valence-corrected chi connectivity index (χ3v) is 4.64. The van der Waals surface area contributed by atoms with Crippen LogP contribution in [0.15, 0.2) is 59.6 Å². The number of ether oxygens (including phenoxy) is 1. The summed E-state index contributed by atoms with van der Waals surface area (Å²) in [6, 6.07) is 18.7. The van der Waals surface area contributed by atoms with Gasteiger partial charge in [0.15, 0.2) is 5.96 Å². The van der Waals surface area contributed by atoms with Crippen LogP contribution in [0, 0.1) is 0 Å². The van der Waals surface area contributed by atoms with Crippen LogP contribution in [0.25, 0.3) is 0 Å². The minimum Gasteiger partial charge on any atom is -0.492 e. The van der Waals surface area contributed by atoms with Gasteiger partial charge >= 0.3 is 0 Å². The van der Waals surface area contributed by atoms with E-state index < -0.39 is 0 Å². The van der Waals surface area contributed by atoms with Crippen LogP contribution in [0.3, 0.4) is 0 Å². The van der Waals surface area contributed by atoms with E-state index in [-0.39, 0.29) is 29.4 Å². The molecular weight excluding hydrogens is 475 g/mol. The highest BCUT2D eigenvalue weighted by Crippen LogP contribution is 2.21. The molecule has 6 heteroatoms. The first-order chi connectivity index (χ1) is 13.4. The van der Waals surface area contributed by atoms with Crippen LogP contribution in [0.2, 0.25) is 0 Å². The second kappa shape index (κ2) is 12.7. The second-order valence-corrected chi connectivity index (χ2v) is 7.83. The van der Waals surface area contributed by atoms with E-state index in [9.17, 15) is 0 Å². The Kier molecular flexibility index (Phi) is 11.0. The molecule has 5 nitrogen and oxygen atoms in total. The molecule has 2 N–H and O–H groups in total. The lowest BCUT2D eigenvalue weighted by Gasteiger charge is -2.26. The number of benzene rings is 2. The molecule has 0 atom stereocenters. The Balaban J connectivity index is 0.00000420. The Bertz CT molecular complexity index is 748. The van der Waals surface area contributed by atoms with Crippen LogP contribution in [0.4, 0.5) is 0 Å². The first kappa shape index (κ1) is 25.2. The fourth-order valence-electron chi connectivity index (χ4n) is 2.79. The summed E-state index contributed by atoms with van der Waals surface area (Å²) < 4.78 is 5.82. The summed E-state index contributed by atoms with van der Waals surface area (Å²) in [6.07, 6.45) is 0. The van der Waals surface area contributed by atoms with Crippen molar-refractivity contribution >= 4 is 29.9 Å². The summed E-state index contributed by atoms with van der Waals surface area (Å²) in [6.45, 7) is 7.53. The minimum atomic E-state index is 0. The third kappa shape index (κ3) is 9.04. The van der Waals surface area contributed by atoms with E-state index in [1.807, 2.05) is 32.3 Å². The average Bonchev–Trinajstić information content (AvgIpc) is 2.69. The molecule has 0 fully saturated rings. The van der Waals surface area contributed by atoms with Gasteiger partial charge in [0, 0.05) is 32.1 Å². The van der Waals surface area contributed by atoms with Crippen molar-refractivity contribution in [2.24, 2.45) is 4.99 Å². The predicted molar refractivity (Wildman–Crippen MR) is 134 cm³/mol. The lowest BCUT2D eigenvalue weighted by Crippen LogP contribution is -2.43. The molecule has 0 spiro atoms. The molecule has 0 radical (unpaired) electrons. The molecule has 2 aromatic carbocycles. The fourth-order valence-corrected chi connectivity index (χ4v) is 2.79. The van der Waals surface area contributed by atoms with Crippen LogP contribution in [0.1, 0.15) is 25.0 Å². The Morgan fingerprint density at radius 1 is 1.03 bits per heavy atom. The number of hydrogen-bond acceptors (Lipinski definition) is 3. The Morgan fingerprint density at radius 2 is 1.76 bits per heavy atom. The van der Waals surface area contributed by atoms with E-state index >= 15 is 0 Å². The second-order valence-electron chi connectivity index (χ2n) is 7.83. The number of guanidine groups is 1. The summed E-state index contributed by atoms with van der Waals surface area (Å²) in [5.74, 6) is 1.69. The van der Waals surface area contributed by atoms with Crippen LogP contribution in [-0.4, -0.2) is 51.7 Å². The highest BCUT2D eigenvalue weighted by molar-refractivity contribution is 14.0. The monoisotopic (exact) mass is 510 g/mol. The molecule has 0 bridgehead atoms. The molecule has 0 aliphatic rings. The molecule has 0 aliphatic heterocycles. The van der Waals surface area contributed by atoms with Crippen molar-refractivity contribution in [3.8, 4) is 5.75 Å². The van der Waals surface area contributed by atoms with Gasteiger partial charge in [-0.15, -0.1) is 24.0 Å². The van der Waals surface area contributed by atoms with E-state index in [2.05, 4.69) is 70.8 Å². The van der Waals surface area contributed by atoms with Crippen molar-refractivity contribution in [3.05, 3.63) is 65.7 Å². The van der Waals surface area contributed by atoms with Crippen molar-refractivity contribution in [2.45, 2.75) is 25.8 Å². The summed E-state index contributed by atoms with van der Waals surface area (Å²) in [5, 5.41) is 6.83.